The van der Waals surface area contributed by atoms with Crippen LogP contribution in [0.4, 0.5) is 0 Å². The molecule has 1 saturated heterocycles. The number of aromatic nitrogens is 1. The van der Waals surface area contributed by atoms with Crippen LogP contribution >= 0.6 is 0 Å². The summed E-state index contributed by atoms with van der Waals surface area (Å²) in [6, 6.07) is 2.10. The number of ether oxygens (including phenoxy) is 1. The first-order chi connectivity index (χ1) is 6.81. The van der Waals surface area contributed by atoms with Gasteiger partial charge in [-0.15, -0.1) is 0 Å². The van der Waals surface area contributed by atoms with Crippen LogP contribution < -0.4 is 5.73 Å². The van der Waals surface area contributed by atoms with Gasteiger partial charge in [0.05, 0.1) is 6.10 Å². The first-order valence-corrected chi connectivity index (χ1v) is 5.27. The SMILES string of the molecule is Cc1c(CN)ccn1CC1CCCO1. The minimum atomic E-state index is 0.409. The van der Waals surface area contributed by atoms with E-state index >= 15 is 0 Å². The molecule has 3 heteroatoms. The van der Waals surface area contributed by atoms with E-state index in [2.05, 4.69) is 23.8 Å². The van der Waals surface area contributed by atoms with Crippen molar-refractivity contribution in [1.29, 1.82) is 0 Å². The van der Waals surface area contributed by atoms with Crippen molar-refractivity contribution in [2.75, 3.05) is 6.61 Å². The van der Waals surface area contributed by atoms with Crippen LogP contribution in [0.2, 0.25) is 0 Å². The number of nitrogens with two attached hydrogens (primary N) is 1. The molecule has 0 saturated carbocycles. The number of hydrogen-bond acceptors (Lipinski definition) is 2. The Morgan fingerprint density at radius 3 is 3.07 bits per heavy atom. The fourth-order valence-electron chi connectivity index (χ4n) is 2.02. The predicted molar refractivity (Wildman–Crippen MR) is 56.0 cm³/mol. The summed E-state index contributed by atoms with van der Waals surface area (Å²) in [6.45, 7) is 4.65. The van der Waals surface area contributed by atoms with Gasteiger partial charge < -0.3 is 15.0 Å². The second-order valence-electron chi connectivity index (χ2n) is 3.92. The average molecular weight is 194 g/mol. The van der Waals surface area contributed by atoms with E-state index in [0.717, 1.165) is 13.2 Å². The van der Waals surface area contributed by atoms with Gasteiger partial charge in [-0.2, -0.15) is 0 Å². The van der Waals surface area contributed by atoms with E-state index in [1.54, 1.807) is 0 Å². The van der Waals surface area contributed by atoms with Gasteiger partial charge in [-0.25, -0.2) is 0 Å². The minimum absolute atomic E-state index is 0.409. The van der Waals surface area contributed by atoms with Gasteiger partial charge >= 0.3 is 0 Å². The van der Waals surface area contributed by atoms with Crippen molar-refractivity contribution in [2.45, 2.75) is 39.0 Å². The van der Waals surface area contributed by atoms with Gasteiger partial charge in [0, 0.05) is 31.6 Å². The van der Waals surface area contributed by atoms with E-state index in [-0.39, 0.29) is 0 Å². The monoisotopic (exact) mass is 194 g/mol. The van der Waals surface area contributed by atoms with Gasteiger partial charge in [-0.1, -0.05) is 0 Å². The van der Waals surface area contributed by atoms with Gasteiger partial charge in [0.15, 0.2) is 0 Å². The van der Waals surface area contributed by atoms with Crippen molar-refractivity contribution in [2.24, 2.45) is 5.73 Å². The van der Waals surface area contributed by atoms with E-state index in [4.69, 9.17) is 10.5 Å². The van der Waals surface area contributed by atoms with Gasteiger partial charge in [-0.3, -0.25) is 0 Å². The zero-order chi connectivity index (χ0) is 9.97. The van der Waals surface area contributed by atoms with Crippen LogP contribution in [-0.4, -0.2) is 17.3 Å². The highest BCUT2D eigenvalue weighted by Gasteiger charge is 2.16. The Hall–Kier alpha value is -0.800. The lowest BCUT2D eigenvalue weighted by atomic mass is 10.2. The molecule has 14 heavy (non-hydrogen) atoms. The second-order valence-corrected chi connectivity index (χ2v) is 3.92. The van der Waals surface area contributed by atoms with Gasteiger partial charge in [0.25, 0.3) is 0 Å². The summed E-state index contributed by atoms with van der Waals surface area (Å²) in [4.78, 5) is 0. The zero-order valence-electron chi connectivity index (χ0n) is 8.70. The minimum Gasteiger partial charge on any atom is -0.376 e. The lowest BCUT2D eigenvalue weighted by molar-refractivity contribution is 0.0966. The summed E-state index contributed by atoms with van der Waals surface area (Å²) in [6.07, 6.45) is 4.91. The zero-order valence-corrected chi connectivity index (χ0v) is 8.70. The lowest BCUT2D eigenvalue weighted by Crippen LogP contribution is -2.15. The van der Waals surface area contributed by atoms with Crippen LogP contribution in [0.5, 0.6) is 0 Å². The third-order valence-electron chi connectivity index (χ3n) is 3.00. The summed E-state index contributed by atoms with van der Waals surface area (Å²) in [5.74, 6) is 0. The standard InChI is InChI=1S/C11H18N2O/c1-9-10(7-12)4-5-13(9)8-11-3-2-6-14-11/h4-5,11H,2-3,6-8,12H2,1H3. The number of hydrogen-bond donors (Lipinski definition) is 1. The molecule has 78 valence electrons. The number of nitrogens with zero attached hydrogens (tertiary/aromatic N) is 1. The predicted octanol–water partition coefficient (Wildman–Crippen LogP) is 1.43. The Labute approximate surface area is 84.9 Å². The Morgan fingerprint density at radius 1 is 1.64 bits per heavy atom. The molecule has 1 aliphatic rings. The van der Waals surface area contributed by atoms with E-state index in [1.807, 2.05) is 0 Å². The maximum absolute atomic E-state index is 5.63. The molecular weight excluding hydrogens is 176 g/mol. The highest BCUT2D eigenvalue weighted by Crippen LogP contribution is 2.17. The molecule has 0 amide bonds. The average Bonchev–Trinajstić information content (AvgIpc) is 2.79. The number of rotatable bonds is 3. The Bertz CT molecular complexity index is 300. The molecule has 2 heterocycles. The molecule has 2 rings (SSSR count). The summed E-state index contributed by atoms with van der Waals surface area (Å²) in [7, 11) is 0. The normalized spacial score (nSPS) is 21.7. The summed E-state index contributed by atoms with van der Waals surface area (Å²) < 4.78 is 7.85. The maximum Gasteiger partial charge on any atom is 0.0754 e. The fraction of sp³-hybridized carbons (Fsp3) is 0.636. The lowest BCUT2D eigenvalue weighted by Gasteiger charge is -2.12. The highest BCUT2D eigenvalue weighted by molar-refractivity contribution is 5.20. The van der Waals surface area contributed by atoms with Crippen LogP contribution in [0.3, 0.4) is 0 Å². The maximum atomic E-state index is 5.63. The molecule has 0 spiro atoms. The van der Waals surface area contributed by atoms with Crippen molar-refractivity contribution in [3.05, 3.63) is 23.5 Å². The molecule has 2 N–H and O–H groups in total. The van der Waals surface area contributed by atoms with Gasteiger partial charge in [0.2, 0.25) is 0 Å². The summed E-state index contributed by atoms with van der Waals surface area (Å²) in [5.41, 5.74) is 8.15. The van der Waals surface area contributed by atoms with Gasteiger partial charge in [0.1, 0.15) is 0 Å². The van der Waals surface area contributed by atoms with Crippen molar-refractivity contribution < 1.29 is 4.74 Å². The molecule has 1 aliphatic heterocycles. The molecule has 1 aromatic rings. The molecule has 0 aliphatic carbocycles. The van der Waals surface area contributed by atoms with E-state index in [9.17, 15) is 0 Å². The fourth-order valence-corrected chi connectivity index (χ4v) is 2.02. The second kappa shape index (κ2) is 4.15. The van der Waals surface area contributed by atoms with Crippen LogP contribution in [0.1, 0.15) is 24.1 Å². The quantitative estimate of drug-likeness (QED) is 0.790. The Balaban J connectivity index is 2.04. The van der Waals surface area contributed by atoms with Crippen molar-refractivity contribution in [3.63, 3.8) is 0 Å². The van der Waals surface area contributed by atoms with E-state index in [0.29, 0.717) is 12.6 Å². The van der Waals surface area contributed by atoms with Crippen molar-refractivity contribution in [3.8, 4) is 0 Å². The van der Waals surface area contributed by atoms with Crippen LogP contribution in [-0.2, 0) is 17.8 Å². The Morgan fingerprint density at radius 2 is 2.50 bits per heavy atom. The molecular formula is C11H18N2O. The molecule has 1 atom stereocenters. The van der Waals surface area contributed by atoms with Crippen LogP contribution in [0, 0.1) is 6.92 Å². The van der Waals surface area contributed by atoms with Crippen molar-refractivity contribution in [1.82, 2.24) is 4.57 Å². The molecule has 1 unspecified atom stereocenters. The first-order valence-electron chi connectivity index (χ1n) is 5.27. The van der Waals surface area contributed by atoms with E-state index in [1.165, 1.54) is 24.1 Å². The molecule has 0 radical (unpaired) electrons. The Kier molecular flexibility index (Phi) is 2.89. The summed E-state index contributed by atoms with van der Waals surface area (Å²) >= 11 is 0. The van der Waals surface area contributed by atoms with Gasteiger partial charge in [-0.05, 0) is 31.4 Å². The van der Waals surface area contributed by atoms with E-state index < -0.39 is 0 Å². The van der Waals surface area contributed by atoms with Crippen molar-refractivity contribution >= 4 is 0 Å². The third-order valence-corrected chi connectivity index (χ3v) is 3.00. The smallest absolute Gasteiger partial charge is 0.0754 e. The first kappa shape index (κ1) is 9.74. The highest BCUT2D eigenvalue weighted by atomic mass is 16.5. The molecule has 3 nitrogen and oxygen atoms in total. The third kappa shape index (κ3) is 1.83. The summed E-state index contributed by atoms with van der Waals surface area (Å²) in [5, 5.41) is 0. The molecule has 1 aromatic heterocycles. The van der Waals surface area contributed by atoms with Crippen LogP contribution in [0.15, 0.2) is 12.3 Å². The molecule has 0 aromatic carbocycles. The van der Waals surface area contributed by atoms with Crippen LogP contribution in [0.25, 0.3) is 0 Å². The molecule has 1 fully saturated rings. The topological polar surface area (TPSA) is 40.2 Å². The molecule has 0 bridgehead atoms. The largest absolute Gasteiger partial charge is 0.376 e.